The summed E-state index contributed by atoms with van der Waals surface area (Å²) in [5, 5.41) is 7.25. The van der Waals surface area contributed by atoms with Crippen LogP contribution in [-0.2, 0) is 6.54 Å². The van der Waals surface area contributed by atoms with Gasteiger partial charge in [0.15, 0.2) is 5.96 Å². The molecule has 2 N–H and O–H groups in total. The molecular weight excluding hydrogens is 485 g/mol. The highest BCUT2D eigenvalue weighted by Gasteiger charge is 2.26. The van der Waals surface area contributed by atoms with Gasteiger partial charge in [0.05, 0.1) is 0 Å². The Balaban J connectivity index is 0.00000320. The minimum Gasteiger partial charge on any atom is -0.356 e. The first-order valence-electron chi connectivity index (χ1n) is 11.7. The Labute approximate surface area is 201 Å². The molecule has 0 amide bonds. The van der Waals surface area contributed by atoms with Gasteiger partial charge in [0.2, 0.25) is 0 Å². The van der Waals surface area contributed by atoms with Gasteiger partial charge in [-0.05, 0) is 70.1 Å². The van der Waals surface area contributed by atoms with E-state index in [1.807, 2.05) is 7.05 Å². The maximum Gasteiger partial charge on any atom is 0.191 e. The number of benzene rings is 1. The second-order valence-electron chi connectivity index (χ2n) is 8.84. The van der Waals surface area contributed by atoms with Gasteiger partial charge in [-0.25, -0.2) is 0 Å². The summed E-state index contributed by atoms with van der Waals surface area (Å²) in [6.45, 7) is 11.6. The van der Waals surface area contributed by atoms with Gasteiger partial charge in [-0.3, -0.25) is 9.89 Å². The SMILES string of the molecule is CCN1CCC(CCNC(=NC)NC2CCN(Cc3ccccc3)C(C)C2)CC1.I. The topological polar surface area (TPSA) is 42.9 Å². The number of likely N-dealkylation sites (tertiary alicyclic amines) is 2. The number of guanidine groups is 1. The average Bonchev–Trinajstić information content (AvgIpc) is 2.76. The molecule has 0 bridgehead atoms. The van der Waals surface area contributed by atoms with Crippen molar-refractivity contribution in [3.05, 3.63) is 35.9 Å². The summed E-state index contributed by atoms with van der Waals surface area (Å²) < 4.78 is 0. The number of nitrogens with one attached hydrogen (secondary N) is 2. The van der Waals surface area contributed by atoms with Crippen molar-refractivity contribution in [1.29, 1.82) is 0 Å². The largest absolute Gasteiger partial charge is 0.356 e. The van der Waals surface area contributed by atoms with E-state index in [1.54, 1.807) is 0 Å². The Hall–Kier alpha value is -0.860. The highest BCUT2D eigenvalue weighted by Crippen LogP contribution is 2.21. The van der Waals surface area contributed by atoms with Crippen LogP contribution in [0.25, 0.3) is 0 Å². The van der Waals surface area contributed by atoms with Crippen molar-refractivity contribution in [3.8, 4) is 0 Å². The molecule has 0 saturated carbocycles. The monoisotopic (exact) mass is 527 g/mol. The molecule has 0 spiro atoms. The van der Waals surface area contributed by atoms with Crippen molar-refractivity contribution in [3.63, 3.8) is 0 Å². The highest BCUT2D eigenvalue weighted by molar-refractivity contribution is 14.0. The van der Waals surface area contributed by atoms with E-state index in [0.717, 1.165) is 31.5 Å². The Bertz CT molecular complexity index is 615. The molecule has 2 fully saturated rings. The van der Waals surface area contributed by atoms with Crippen molar-refractivity contribution < 1.29 is 0 Å². The standard InChI is InChI=1S/C24H41N5.HI/c1-4-28-15-11-21(12-16-28)10-14-26-24(25-3)27-23-13-17-29(20(2)18-23)19-22-8-6-5-7-9-22;/h5-9,20-21,23H,4,10-19H2,1-3H3,(H2,25,26,27);1H. The van der Waals surface area contributed by atoms with Crippen molar-refractivity contribution in [1.82, 2.24) is 20.4 Å². The average molecular weight is 528 g/mol. The Morgan fingerprint density at radius 2 is 1.83 bits per heavy atom. The number of hydrogen-bond donors (Lipinski definition) is 2. The molecule has 3 rings (SSSR count). The van der Waals surface area contributed by atoms with Crippen LogP contribution in [0.1, 0.15) is 51.5 Å². The molecule has 5 nitrogen and oxygen atoms in total. The smallest absolute Gasteiger partial charge is 0.191 e. The predicted octanol–water partition coefficient (Wildman–Crippen LogP) is 3.94. The number of rotatable bonds is 7. The van der Waals surface area contributed by atoms with E-state index in [0.29, 0.717) is 12.1 Å². The second kappa shape index (κ2) is 13.5. The molecule has 0 aromatic heterocycles. The normalized spacial score (nSPS) is 24.3. The fourth-order valence-electron chi connectivity index (χ4n) is 4.78. The van der Waals surface area contributed by atoms with Gasteiger partial charge in [-0.1, -0.05) is 37.3 Å². The van der Waals surface area contributed by atoms with Gasteiger partial charge in [0.25, 0.3) is 0 Å². The first-order valence-corrected chi connectivity index (χ1v) is 11.7. The third-order valence-electron chi connectivity index (χ3n) is 6.81. The lowest BCUT2D eigenvalue weighted by Crippen LogP contribution is -2.51. The molecule has 0 aliphatic carbocycles. The summed E-state index contributed by atoms with van der Waals surface area (Å²) in [4.78, 5) is 9.64. The molecule has 0 radical (unpaired) electrons. The third-order valence-corrected chi connectivity index (χ3v) is 6.81. The van der Waals surface area contributed by atoms with E-state index in [9.17, 15) is 0 Å². The van der Waals surface area contributed by atoms with Crippen molar-refractivity contribution in [2.45, 2.75) is 64.6 Å². The van der Waals surface area contributed by atoms with E-state index in [2.05, 4.69) is 69.6 Å². The van der Waals surface area contributed by atoms with Crippen LogP contribution in [0.3, 0.4) is 0 Å². The van der Waals surface area contributed by atoms with Crippen LogP contribution in [0, 0.1) is 5.92 Å². The summed E-state index contributed by atoms with van der Waals surface area (Å²) in [6.07, 6.45) is 6.29. The fraction of sp³-hybridized carbons (Fsp3) is 0.708. The van der Waals surface area contributed by atoms with Crippen LogP contribution < -0.4 is 10.6 Å². The Kier molecular flexibility index (Phi) is 11.5. The molecule has 6 heteroatoms. The van der Waals surface area contributed by atoms with Crippen LogP contribution in [0.5, 0.6) is 0 Å². The lowest BCUT2D eigenvalue weighted by atomic mass is 9.93. The van der Waals surface area contributed by atoms with Gasteiger partial charge in [-0.15, -0.1) is 24.0 Å². The van der Waals surface area contributed by atoms with E-state index in [4.69, 9.17) is 0 Å². The Morgan fingerprint density at radius 3 is 2.47 bits per heavy atom. The quantitative estimate of drug-likeness (QED) is 0.320. The van der Waals surface area contributed by atoms with Crippen LogP contribution in [0.15, 0.2) is 35.3 Å². The number of aliphatic imine (C=N–C) groups is 1. The van der Waals surface area contributed by atoms with Gasteiger partial charge in [0, 0.05) is 38.8 Å². The zero-order chi connectivity index (χ0) is 20.5. The zero-order valence-corrected chi connectivity index (χ0v) is 21.5. The van der Waals surface area contributed by atoms with Gasteiger partial charge < -0.3 is 15.5 Å². The van der Waals surface area contributed by atoms with Crippen LogP contribution >= 0.6 is 24.0 Å². The molecule has 2 atom stereocenters. The molecule has 2 aliphatic rings. The zero-order valence-electron chi connectivity index (χ0n) is 19.1. The number of piperidine rings is 2. The lowest BCUT2D eigenvalue weighted by molar-refractivity contribution is 0.134. The van der Waals surface area contributed by atoms with E-state index in [-0.39, 0.29) is 24.0 Å². The fourth-order valence-corrected chi connectivity index (χ4v) is 4.78. The van der Waals surface area contributed by atoms with Gasteiger partial charge in [-0.2, -0.15) is 0 Å². The molecule has 2 saturated heterocycles. The molecule has 170 valence electrons. The van der Waals surface area contributed by atoms with Crippen LogP contribution in [0.2, 0.25) is 0 Å². The minimum absolute atomic E-state index is 0. The van der Waals surface area contributed by atoms with Crippen molar-refractivity contribution >= 4 is 29.9 Å². The molecule has 1 aromatic rings. The minimum atomic E-state index is 0. The third kappa shape index (κ3) is 8.00. The molecule has 1 aromatic carbocycles. The first-order chi connectivity index (χ1) is 14.2. The number of halogens is 1. The number of nitrogens with zero attached hydrogens (tertiary/aromatic N) is 3. The molecule has 30 heavy (non-hydrogen) atoms. The van der Waals surface area contributed by atoms with Crippen molar-refractivity contribution in [2.75, 3.05) is 39.8 Å². The molecule has 2 heterocycles. The molecule has 2 aliphatic heterocycles. The van der Waals surface area contributed by atoms with Gasteiger partial charge >= 0.3 is 0 Å². The van der Waals surface area contributed by atoms with E-state index < -0.39 is 0 Å². The summed E-state index contributed by atoms with van der Waals surface area (Å²) in [5.74, 6) is 1.84. The predicted molar refractivity (Wildman–Crippen MR) is 139 cm³/mol. The molecule has 2 unspecified atom stereocenters. The summed E-state index contributed by atoms with van der Waals surface area (Å²) in [6, 6.07) is 11.9. The van der Waals surface area contributed by atoms with Gasteiger partial charge in [0.1, 0.15) is 0 Å². The van der Waals surface area contributed by atoms with E-state index >= 15 is 0 Å². The first kappa shape index (κ1) is 25.4. The van der Waals surface area contributed by atoms with Crippen LogP contribution in [0.4, 0.5) is 0 Å². The lowest BCUT2D eigenvalue weighted by Gasteiger charge is -2.38. The second-order valence-corrected chi connectivity index (χ2v) is 8.84. The maximum absolute atomic E-state index is 4.47. The molecular formula is C24H42IN5. The summed E-state index contributed by atoms with van der Waals surface area (Å²) in [5.41, 5.74) is 1.41. The summed E-state index contributed by atoms with van der Waals surface area (Å²) in [7, 11) is 1.89. The van der Waals surface area contributed by atoms with E-state index in [1.165, 1.54) is 57.3 Å². The maximum atomic E-state index is 4.47. The Morgan fingerprint density at radius 1 is 1.10 bits per heavy atom. The van der Waals surface area contributed by atoms with Crippen molar-refractivity contribution in [2.24, 2.45) is 10.9 Å². The number of hydrogen-bond acceptors (Lipinski definition) is 3. The highest BCUT2D eigenvalue weighted by atomic mass is 127. The summed E-state index contributed by atoms with van der Waals surface area (Å²) >= 11 is 0. The van der Waals surface area contributed by atoms with Crippen LogP contribution in [-0.4, -0.2) is 67.6 Å².